The first kappa shape index (κ1) is 16.9. The third-order valence-electron chi connectivity index (χ3n) is 4.85. The van der Waals surface area contributed by atoms with Gasteiger partial charge < -0.3 is 10.1 Å². The van der Waals surface area contributed by atoms with Gasteiger partial charge in [-0.25, -0.2) is 0 Å². The summed E-state index contributed by atoms with van der Waals surface area (Å²) >= 11 is 3.41. The predicted octanol–water partition coefficient (Wildman–Crippen LogP) is 5.00. The molecule has 3 aromatic rings. The zero-order valence-electron chi connectivity index (χ0n) is 14.2. The molecule has 132 valence electrons. The molecule has 1 saturated carbocycles. The lowest BCUT2D eigenvalue weighted by molar-refractivity contribution is 0.150. The van der Waals surface area contributed by atoms with Crippen LogP contribution in [0.5, 0.6) is 5.75 Å². The van der Waals surface area contributed by atoms with Crippen molar-refractivity contribution in [3.63, 3.8) is 0 Å². The first-order chi connectivity index (χ1) is 12.7. The summed E-state index contributed by atoms with van der Waals surface area (Å²) in [5.41, 5.74) is 1.68. The van der Waals surface area contributed by atoms with Crippen LogP contribution in [0.1, 0.15) is 31.2 Å². The summed E-state index contributed by atoms with van der Waals surface area (Å²) in [5, 5.41) is 21.2. The lowest BCUT2D eigenvalue weighted by Crippen LogP contribution is -2.31. The van der Waals surface area contributed by atoms with Crippen LogP contribution in [0.25, 0.3) is 10.9 Å². The fourth-order valence-corrected chi connectivity index (χ4v) is 3.89. The summed E-state index contributed by atoms with van der Waals surface area (Å²) in [6, 6.07) is 16.2. The highest BCUT2D eigenvalue weighted by Crippen LogP contribution is 2.29. The monoisotopic (exact) mass is 410 g/mol. The van der Waals surface area contributed by atoms with Gasteiger partial charge in [0.25, 0.3) is 0 Å². The summed E-state index contributed by atoms with van der Waals surface area (Å²) in [6.45, 7) is 0. The van der Waals surface area contributed by atoms with Crippen molar-refractivity contribution < 1.29 is 4.74 Å². The quantitative estimate of drug-likeness (QED) is 0.634. The Hall–Kier alpha value is -2.52. The van der Waals surface area contributed by atoms with E-state index in [1.807, 2.05) is 30.3 Å². The molecule has 1 aliphatic rings. The van der Waals surface area contributed by atoms with Crippen LogP contribution in [0.15, 0.2) is 46.9 Å². The molecule has 0 radical (unpaired) electrons. The van der Waals surface area contributed by atoms with E-state index in [9.17, 15) is 0 Å². The van der Waals surface area contributed by atoms with E-state index < -0.39 is 0 Å². The van der Waals surface area contributed by atoms with Gasteiger partial charge in [0.15, 0.2) is 5.82 Å². The van der Waals surface area contributed by atoms with Gasteiger partial charge in [-0.05, 0) is 71.9 Å². The summed E-state index contributed by atoms with van der Waals surface area (Å²) < 4.78 is 6.88. The van der Waals surface area contributed by atoms with E-state index >= 15 is 0 Å². The van der Waals surface area contributed by atoms with Crippen molar-refractivity contribution in [2.75, 3.05) is 5.32 Å². The van der Waals surface area contributed by atoms with Crippen molar-refractivity contribution in [2.24, 2.45) is 0 Å². The highest BCUT2D eigenvalue weighted by atomic mass is 79.9. The first-order valence-corrected chi connectivity index (χ1v) is 9.58. The smallest absolute Gasteiger partial charge is 0.155 e. The zero-order chi connectivity index (χ0) is 17.9. The number of nitrogens with one attached hydrogen (secondary N) is 2. The number of H-pyrrole nitrogens is 1. The molecule has 0 atom stereocenters. The second-order valence-corrected chi connectivity index (χ2v) is 7.46. The molecule has 1 heterocycles. The number of hydrogen-bond acceptors (Lipinski definition) is 4. The molecular weight excluding hydrogens is 392 g/mol. The number of aromatic nitrogens is 2. The number of aromatic amines is 1. The van der Waals surface area contributed by atoms with Crippen LogP contribution >= 0.6 is 15.9 Å². The molecule has 0 bridgehead atoms. The molecule has 2 aromatic carbocycles. The fourth-order valence-electron chi connectivity index (χ4n) is 3.44. The van der Waals surface area contributed by atoms with Crippen molar-refractivity contribution in [1.29, 1.82) is 5.26 Å². The summed E-state index contributed by atoms with van der Waals surface area (Å²) in [4.78, 5) is 0. The lowest BCUT2D eigenvalue weighted by Gasteiger charge is -2.29. The summed E-state index contributed by atoms with van der Waals surface area (Å²) in [6.07, 6.45) is 4.30. The minimum Gasteiger partial charge on any atom is -0.490 e. The summed E-state index contributed by atoms with van der Waals surface area (Å²) in [7, 11) is 0. The predicted molar refractivity (Wildman–Crippen MR) is 105 cm³/mol. The van der Waals surface area contributed by atoms with E-state index in [0.29, 0.717) is 11.6 Å². The van der Waals surface area contributed by atoms with Crippen molar-refractivity contribution >= 4 is 32.7 Å². The van der Waals surface area contributed by atoms with Gasteiger partial charge in [-0.2, -0.15) is 10.4 Å². The number of fused-ring (bicyclic) bond motifs is 1. The number of hydrogen-bond donors (Lipinski definition) is 2. The molecule has 0 spiro atoms. The molecule has 1 fully saturated rings. The highest BCUT2D eigenvalue weighted by Gasteiger charge is 2.23. The van der Waals surface area contributed by atoms with E-state index in [1.54, 1.807) is 6.07 Å². The molecule has 0 unspecified atom stereocenters. The van der Waals surface area contributed by atoms with Crippen LogP contribution in [0, 0.1) is 11.3 Å². The van der Waals surface area contributed by atoms with E-state index in [1.165, 1.54) is 0 Å². The maximum absolute atomic E-state index is 9.00. The van der Waals surface area contributed by atoms with Gasteiger partial charge in [-0.15, -0.1) is 0 Å². The second kappa shape index (κ2) is 7.38. The number of nitrogens with zero attached hydrogens (tertiary/aromatic N) is 2. The highest BCUT2D eigenvalue weighted by molar-refractivity contribution is 9.10. The van der Waals surface area contributed by atoms with Gasteiger partial charge in [0.1, 0.15) is 11.8 Å². The average Bonchev–Trinajstić information content (AvgIpc) is 3.07. The van der Waals surface area contributed by atoms with Crippen LogP contribution in [-0.4, -0.2) is 22.3 Å². The number of rotatable bonds is 4. The van der Waals surface area contributed by atoms with E-state index in [4.69, 9.17) is 10.00 Å². The lowest BCUT2D eigenvalue weighted by atomic mass is 9.93. The fraction of sp³-hybridized carbons (Fsp3) is 0.300. The molecule has 0 saturated heterocycles. The van der Waals surface area contributed by atoms with Crippen molar-refractivity contribution in [2.45, 2.75) is 37.8 Å². The van der Waals surface area contributed by atoms with Crippen LogP contribution in [0.4, 0.5) is 5.82 Å². The van der Waals surface area contributed by atoms with Gasteiger partial charge in [0.2, 0.25) is 0 Å². The molecule has 1 aromatic heterocycles. The van der Waals surface area contributed by atoms with Gasteiger partial charge in [-0.1, -0.05) is 12.1 Å². The van der Waals surface area contributed by atoms with Crippen molar-refractivity contribution in [3.05, 3.63) is 52.5 Å². The van der Waals surface area contributed by atoms with Crippen LogP contribution < -0.4 is 10.1 Å². The third-order valence-corrected chi connectivity index (χ3v) is 5.51. The maximum Gasteiger partial charge on any atom is 0.155 e. The normalized spacial score (nSPS) is 19.8. The second-order valence-electron chi connectivity index (χ2n) is 6.61. The molecule has 0 aliphatic heterocycles. The number of ether oxygens (including phenoxy) is 1. The SMILES string of the molecule is N#Cc1ccc(OC2CCC(Nc3n[nH]c4ccccc34)CC2)cc1Br. The van der Waals surface area contributed by atoms with Gasteiger partial charge in [-0.3, -0.25) is 5.10 Å². The number of benzene rings is 2. The van der Waals surface area contributed by atoms with Crippen molar-refractivity contribution in [3.8, 4) is 11.8 Å². The van der Waals surface area contributed by atoms with Gasteiger partial charge in [0, 0.05) is 15.9 Å². The topological polar surface area (TPSA) is 73.7 Å². The molecule has 0 amide bonds. The molecule has 2 N–H and O–H groups in total. The molecule has 26 heavy (non-hydrogen) atoms. The summed E-state index contributed by atoms with van der Waals surface area (Å²) in [5.74, 6) is 1.74. The van der Waals surface area contributed by atoms with Crippen LogP contribution in [0.3, 0.4) is 0 Å². The Labute approximate surface area is 160 Å². The Kier molecular flexibility index (Phi) is 4.81. The molecule has 5 nitrogen and oxygen atoms in total. The Morgan fingerprint density at radius 3 is 2.73 bits per heavy atom. The van der Waals surface area contributed by atoms with Gasteiger partial charge >= 0.3 is 0 Å². The van der Waals surface area contributed by atoms with Gasteiger partial charge in [0.05, 0.1) is 17.2 Å². The largest absolute Gasteiger partial charge is 0.490 e. The maximum atomic E-state index is 9.00. The third kappa shape index (κ3) is 3.54. The standard InChI is InChI=1S/C20H19BrN4O/c21-18-11-16(8-5-13(18)12-22)26-15-9-6-14(7-10-15)23-20-17-3-1-2-4-19(17)24-25-20/h1-5,8,11,14-15H,6-7,9-10H2,(H2,23,24,25). The Bertz CT molecular complexity index is 954. The Balaban J connectivity index is 1.34. The number of anilines is 1. The Morgan fingerprint density at radius 2 is 1.96 bits per heavy atom. The minimum absolute atomic E-state index is 0.212. The number of halogens is 1. The van der Waals surface area contributed by atoms with Crippen LogP contribution in [-0.2, 0) is 0 Å². The molecular formula is C20H19BrN4O. The molecule has 4 rings (SSSR count). The first-order valence-electron chi connectivity index (χ1n) is 8.79. The number of para-hydroxylation sites is 1. The average molecular weight is 411 g/mol. The molecule has 6 heteroatoms. The van der Waals surface area contributed by atoms with E-state index in [2.05, 4.69) is 43.6 Å². The van der Waals surface area contributed by atoms with E-state index in [-0.39, 0.29) is 6.10 Å². The van der Waals surface area contributed by atoms with Crippen molar-refractivity contribution in [1.82, 2.24) is 10.2 Å². The van der Waals surface area contributed by atoms with Crippen LogP contribution in [0.2, 0.25) is 0 Å². The van der Waals surface area contributed by atoms with E-state index in [0.717, 1.165) is 52.6 Å². The number of nitriles is 1. The molecule has 1 aliphatic carbocycles. The Morgan fingerprint density at radius 1 is 1.15 bits per heavy atom. The minimum atomic E-state index is 0.212. The zero-order valence-corrected chi connectivity index (χ0v) is 15.8.